The lowest BCUT2D eigenvalue weighted by atomic mass is 10.00. The van der Waals surface area contributed by atoms with Crippen molar-refractivity contribution in [1.29, 1.82) is 0 Å². The third kappa shape index (κ3) is 4.03. The molecule has 2 unspecified atom stereocenters. The number of hydrogen-bond donors (Lipinski definition) is 2. The van der Waals surface area contributed by atoms with Crippen molar-refractivity contribution in [2.24, 2.45) is 0 Å². The van der Waals surface area contributed by atoms with Gasteiger partial charge in [-0.15, -0.1) is 0 Å². The van der Waals surface area contributed by atoms with Gasteiger partial charge in [0.2, 0.25) is 0 Å². The molecule has 1 aromatic rings. The Labute approximate surface area is 107 Å². The number of nitrogens with one attached hydrogen (secondary N) is 1. The number of hydrogen-bond acceptors (Lipinski definition) is 2. The second-order valence-corrected chi connectivity index (χ2v) is 4.44. The van der Waals surface area contributed by atoms with Gasteiger partial charge in [-0.05, 0) is 37.1 Å². The highest BCUT2D eigenvalue weighted by molar-refractivity contribution is 5.21. The zero-order valence-corrected chi connectivity index (χ0v) is 10.9. The normalized spacial score (nSPS) is 14.5. The van der Waals surface area contributed by atoms with E-state index in [-0.39, 0.29) is 6.04 Å². The molecule has 2 N–H and O–H groups in total. The minimum absolute atomic E-state index is 0.138. The maximum Gasteiger partial charge on any atom is 0.159 e. The average Bonchev–Trinajstić information content (AvgIpc) is 2.37. The van der Waals surface area contributed by atoms with Gasteiger partial charge < -0.3 is 10.4 Å². The van der Waals surface area contributed by atoms with Crippen LogP contribution in [0.4, 0.5) is 8.78 Å². The van der Waals surface area contributed by atoms with Crippen LogP contribution in [0.5, 0.6) is 0 Å². The first-order valence-electron chi connectivity index (χ1n) is 6.46. The van der Waals surface area contributed by atoms with Crippen LogP contribution in [0.2, 0.25) is 0 Å². The lowest BCUT2D eigenvalue weighted by Gasteiger charge is -2.23. The molecule has 0 bridgehead atoms. The number of rotatable bonds is 7. The molecule has 0 heterocycles. The molecule has 2 nitrogen and oxygen atoms in total. The first-order valence-corrected chi connectivity index (χ1v) is 6.46. The molecule has 2 atom stereocenters. The van der Waals surface area contributed by atoms with Crippen LogP contribution < -0.4 is 5.32 Å². The molecule has 0 amide bonds. The standard InChI is InChI=1S/C14H21F2NO/c1-3-5-8-17-13(4-2)14(18)10-6-7-11(15)12(16)9-10/h6-7,9,13-14,17-18H,3-5,8H2,1-2H3. The molecule has 0 saturated carbocycles. The van der Waals surface area contributed by atoms with Gasteiger partial charge in [0.25, 0.3) is 0 Å². The van der Waals surface area contributed by atoms with Gasteiger partial charge in [0, 0.05) is 6.04 Å². The fourth-order valence-corrected chi connectivity index (χ4v) is 1.87. The van der Waals surface area contributed by atoms with Crippen molar-refractivity contribution in [1.82, 2.24) is 5.32 Å². The number of benzene rings is 1. The van der Waals surface area contributed by atoms with Crippen LogP contribution in [0.25, 0.3) is 0 Å². The van der Waals surface area contributed by atoms with Crippen molar-refractivity contribution in [3.05, 3.63) is 35.4 Å². The van der Waals surface area contributed by atoms with Gasteiger partial charge in [-0.1, -0.05) is 26.3 Å². The average molecular weight is 257 g/mol. The minimum atomic E-state index is -0.921. The summed E-state index contributed by atoms with van der Waals surface area (Å²) in [5.41, 5.74) is 0.407. The van der Waals surface area contributed by atoms with E-state index >= 15 is 0 Å². The summed E-state index contributed by atoms with van der Waals surface area (Å²) in [5, 5.41) is 13.4. The minimum Gasteiger partial charge on any atom is -0.387 e. The molecular weight excluding hydrogens is 236 g/mol. The smallest absolute Gasteiger partial charge is 0.159 e. The van der Waals surface area contributed by atoms with Crippen LogP contribution in [0.1, 0.15) is 44.8 Å². The molecule has 0 spiro atoms. The van der Waals surface area contributed by atoms with Crippen LogP contribution in [0, 0.1) is 11.6 Å². The molecule has 0 aliphatic carbocycles. The third-order valence-corrected chi connectivity index (χ3v) is 3.04. The summed E-state index contributed by atoms with van der Waals surface area (Å²) in [7, 11) is 0. The van der Waals surface area contributed by atoms with E-state index in [0.29, 0.717) is 5.56 Å². The Kier molecular flexibility index (Phi) is 6.22. The molecule has 0 fully saturated rings. The highest BCUT2D eigenvalue weighted by atomic mass is 19.2. The molecule has 0 saturated heterocycles. The Hall–Kier alpha value is -1.00. The van der Waals surface area contributed by atoms with Crippen molar-refractivity contribution in [2.45, 2.75) is 45.3 Å². The van der Waals surface area contributed by atoms with E-state index in [9.17, 15) is 13.9 Å². The van der Waals surface area contributed by atoms with Gasteiger partial charge in [0.15, 0.2) is 11.6 Å². The van der Waals surface area contributed by atoms with E-state index in [1.54, 1.807) is 0 Å². The quantitative estimate of drug-likeness (QED) is 0.735. The predicted molar refractivity (Wildman–Crippen MR) is 68.3 cm³/mol. The monoisotopic (exact) mass is 257 g/mol. The Morgan fingerprint density at radius 2 is 1.94 bits per heavy atom. The van der Waals surface area contributed by atoms with Crippen LogP contribution in [-0.4, -0.2) is 17.7 Å². The highest BCUT2D eigenvalue weighted by Gasteiger charge is 2.19. The first-order chi connectivity index (χ1) is 8.60. The molecular formula is C14H21F2NO. The van der Waals surface area contributed by atoms with Gasteiger partial charge >= 0.3 is 0 Å². The van der Waals surface area contributed by atoms with Crippen molar-refractivity contribution in [3.63, 3.8) is 0 Å². The summed E-state index contributed by atoms with van der Waals surface area (Å²) in [5.74, 6) is -1.81. The zero-order valence-electron chi connectivity index (χ0n) is 10.9. The third-order valence-electron chi connectivity index (χ3n) is 3.04. The summed E-state index contributed by atoms with van der Waals surface area (Å²) in [4.78, 5) is 0. The van der Waals surface area contributed by atoms with Crippen LogP contribution in [0.3, 0.4) is 0 Å². The molecule has 1 rings (SSSR count). The second-order valence-electron chi connectivity index (χ2n) is 4.44. The van der Waals surface area contributed by atoms with Crippen LogP contribution >= 0.6 is 0 Å². The molecule has 0 aliphatic heterocycles. The van der Waals surface area contributed by atoms with E-state index in [1.165, 1.54) is 6.07 Å². The van der Waals surface area contributed by atoms with E-state index in [4.69, 9.17) is 0 Å². The van der Waals surface area contributed by atoms with Gasteiger partial charge in [0.1, 0.15) is 0 Å². The fraction of sp³-hybridized carbons (Fsp3) is 0.571. The van der Waals surface area contributed by atoms with Crippen molar-refractivity contribution >= 4 is 0 Å². The predicted octanol–water partition coefficient (Wildman–Crippen LogP) is 3.17. The van der Waals surface area contributed by atoms with Crippen LogP contribution in [0.15, 0.2) is 18.2 Å². The summed E-state index contributed by atoms with van der Waals surface area (Å²) in [6.07, 6.45) is 2.01. The fourth-order valence-electron chi connectivity index (χ4n) is 1.87. The van der Waals surface area contributed by atoms with Crippen molar-refractivity contribution < 1.29 is 13.9 Å². The molecule has 4 heteroatoms. The lowest BCUT2D eigenvalue weighted by Crippen LogP contribution is -2.35. The molecule has 0 aliphatic rings. The zero-order chi connectivity index (χ0) is 13.5. The maximum absolute atomic E-state index is 13.1. The number of unbranched alkanes of at least 4 members (excludes halogenated alkanes) is 1. The highest BCUT2D eigenvalue weighted by Crippen LogP contribution is 2.21. The number of aliphatic hydroxyl groups excluding tert-OH is 1. The van der Waals surface area contributed by atoms with E-state index in [0.717, 1.165) is 37.9 Å². The van der Waals surface area contributed by atoms with Crippen molar-refractivity contribution in [3.8, 4) is 0 Å². The largest absolute Gasteiger partial charge is 0.387 e. The van der Waals surface area contributed by atoms with Crippen LogP contribution in [-0.2, 0) is 0 Å². The van der Waals surface area contributed by atoms with Gasteiger partial charge in [-0.25, -0.2) is 8.78 Å². The van der Waals surface area contributed by atoms with Gasteiger partial charge in [-0.3, -0.25) is 0 Å². The number of halogens is 2. The lowest BCUT2D eigenvalue weighted by molar-refractivity contribution is 0.125. The Bertz CT molecular complexity index is 371. The Morgan fingerprint density at radius 3 is 2.50 bits per heavy atom. The van der Waals surface area contributed by atoms with Gasteiger partial charge in [-0.2, -0.15) is 0 Å². The van der Waals surface area contributed by atoms with E-state index < -0.39 is 17.7 Å². The SMILES string of the molecule is CCCCNC(CC)C(O)c1ccc(F)c(F)c1. The molecule has 18 heavy (non-hydrogen) atoms. The number of aliphatic hydroxyl groups is 1. The Balaban J connectivity index is 2.69. The summed E-state index contributed by atoms with van der Waals surface area (Å²) in [6, 6.07) is 3.39. The Morgan fingerprint density at radius 1 is 1.22 bits per heavy atom. The molecule has 0 aromatic heterocycles. The summed E-state index contributed by atoms with van der Waals surface area (Å²) in [6.45, 7) is 4.86. The van der Waals surface area contributed by atoms with E-state index in [1.807, 2.05) is 6.92 Å². The van der Waals surface area contributed by atoms with Crippen molar-refractivity contribution in [2.75, 3.05) is 6.54 Å². The van der Waals surface area contributed by atoms with E-state index in [2.05, 4.69) is 12.2 Å². The maximum atomic E-state index is 13.1. The first kappa shape index (κ1) is 15.1. The molecule has 0 radical (unpaired) electrons. The second kappa shape index (κ2) is 7.44. The molecule has 102 valence electrons. The molecule has 1 aromatic carbocycles. The summed E-state index contributed by atoms with van der Waals surface area (Å²) < 4.78 is 25.9. The topological polar surface area (TPSA) is 32.3 Å². The summed E-state index contributed by atoms with van der Waals surface area (Å²) >= 11 is 0. The van der Waals surface area contributed by atoms with Gasteiger partial charge in [0.05, 0.1) is 6.10 Å².